The van der Waals surface area contributed by atoms with E-state index in [1.165, 1.54) is 167 Å². The molecule has 2 heterocycles. The minimum Gasteiger partial charge on any atom is -0.463 e. The van der Waals surface area contributed by atoms with Crippen LogP contribution in [-0.4, -0.2) is 205 Å². The third-order valence-corrected chi connectivity index (χ3v) is 24.6. The van der Waals surface area contributed by atoms with Gasteiger partial charge in [0.05, 0.1) is 13.2 Å². The first kappa shape index (κ1) is 110. The fraction of sp³-hybridized carbons (Fsp3) is 0.914. The van der Waals surface area contributed by atoms with Gasteiger partial charge in [-0.1, -0.05) is 329 Å². The Morgan fingerprint density at radius 1 is 0.353 bits per heavy atom. The zero-order chi connectivity index (χ0) is 86.9. The summed E-state index contributed by atoms with van der Waals surface area (Å²) in [5, 5.41) is 102. The topological polar surface area (TPSA) is 380 Å². The predicted octanol–water partition coefficient (Wildman–Crippen LogP) is 18.0. The Morgan fingerprint density at radius 3 is 1.10 bits per heavy atom. The van der Waals surface area contributed by atoms with Gasteiger partial charge in [-0.05, 0) is 83.0 Å². The molecule has 0 aromatic heterocycles. The fourth-order valence-corrected chi connectivity index (χ4v) is 16.8. The number of rotatable bonds is 77. The number of unbranched alkanes of at least 4 members (excludes halogenated alkanes) is 45. The molecule has 1 saturated carbocycles. The van der Waals surface area contributed by atoms with Gasteiger partial charge < -0.3 is 88.7 Å². The summed E-state index contributed by atoms with van der Waals surface area (Å²) < 4.78 is 73.5. The number of phosphoric acid groups is 1. The summed E-state index contributed by atoms with van der Waals surface area (Å²) in [6.07, 6.45) is 30.3. The Kier molecular flexibility index (Phi) is 65.7. The maximum Gasteiger partial charge on any atom is 0.472 e. The molecule has 3 aliphatic rings. The van der Waals surface area contributed by atoms with Crippen molar-refractivity contribution in [2.75, 3.05) is 26.4 Å². The van der Waals surface area contributed by atoms with Gasteiger partial charge in [0, 0.05) is 25.7 Å². The maximum atomic E-state index is 14.9. The summed E-state index contributed by atoms with van der Waals surface area (Å²) >= 11 is 0. The number of aliphatic hydroxyl groups excluding tert-OH is 9. The number of hydrogen-bond acceptors (Lipinski definition) is 24. The summed E-state index contributed by atoms with van der Waals surface area (Å²) in [5.74, 6) is -2.31. The summed E-state index contributed by atoms with van der Waals surface area (Å²) in [4.78, 5) is 66.5. The number of carbonyl (C=O) groups is 4. The minimum absolute atomic E-state index is 0.0159. The predicted molar refractivity (Wildman–Crippen MR) is 462 cm³/mol. The van der Waals surface area contributed by atoms with E-state index in [4.69, 9.17) is 46.9 Å². The van der Waals surface area contributed by atoms with Gasteiger partial charge in [0.15, 0.2) is 24.8 Å². The van der Waals surface area contributed by atoms with Gasteiger partial charge in [0.25, 0.3) is 0 Å². The highest BCUT2D eigenvalue weighted by atomic mass is 31.2. The molecule has 1 aliphatic carbocycles. The van der Waals surface area contributed by atoms with Crippen LogP contribution in [0.5, 0.6) is 0 Å². The lowest BCUT2D eigenvalue weighted by Gasteiger charge is -2.50. The van der Waals surface area contributed by atoms with E-state index in [9.17, 15) is 74.6 Å². The molecular weight excluding hydrogens is 1550 g/mol. The van der Waals surface area contributed by atoms with E-state index >= 15 is 0 Å². The number of carbonyl (C=O) groups excluding carboxylic acids is 4. The van der Waals surface area contributed by atoms with Crippen molar-refractivity contribution in [2.45, 2.75) is 511 Å². The van der Waals surface area contributed by atoms with Crippen molar-refractivity contribution in [2.24, 2.45) is 5.92 Å². The number of phosphoric ester groups is 1. The molecule has 3 fully saturated rings. The molecule has 698 valence electrons. The molecule has 119 heavy (non-hydrogen) atoms. The quantitative estimate of drug-likeness (QED) is 0.00889. The summed E-state index contributed by atoms with van der Waals surface area (Å²) in [7, 11) is -5.81. The molecule has 0 bridgehead atoms. The van der Waals surface area contributed by atoms with Crippen molar-refractivity contribution in [3.05, 3.63) is 24.3 Å². The van der Waals surface area contributed by atoms with Crippen LogP contribution in [0.3, 0.4) is 0 Å². The van der Waals surface area contributed by atoms with Crippen molar-refractivity contribution in [3.8, 4) is 0 Å². The molecule has 0 spiro atoms. The Labute approximate surface area is 717 Å². The summed E-state index contributed by atoms with van der Waals surface area (Å²) in [5.41, 5.74) is 0. The van der Waals surface area contributed by atoms with Crippen LogP contribution in [0.1, 0.15) is 407 Å². The molecule has 2 saturated heterocycles. The van der Waals surface area contributed by atoms with Crippen LogP contribution in [0.25, 0.3) is 0 Å². The highest BCUT2D eigenvalue weighted by molar-refractivity contribution is 7.47. The molecule has 0 aromatic rings. The van der Waals surface area contributed by atoms with E-state index in [1.807, 2.05) is 0 Å². The van der Waals surface area contributed by atoms with Crippen molar-refractivity contribution >= 4 is 31.7 Å². The molecule has 19 unspecified atom stereocenters. The summed E-state index contributed by atoms with van der Waals surface area (Å²) in [6.45, 7) is 7.90. The van der Waals surface area contributed by atoms with Crippen molar-refractivity contribution in [1.82, 2.24) is 0 Å². The first-order valence-corrected chi connectivity index (χ1v) is 49.5. The second kappa shape index (κ2) is 71.0. The largest absolute Gasteiger partial charge is 0.472 e. The molecular formula is C93H171O25P. The molecule has 19 atom stereocenters. The molecule has 26 heteroatoms. The van der Waals surface area contributed by atoms with Gasteiger partial charge in [0.2, 0.25) is 0 Å². The van der Waals surface area contributed by atoms with Crippen LogP contribution >= 0.6 is 7.82 Å². The molecule has 10 N–H and O–H groups in total. The Bertz CT molecular complexity index is 2580. The van der Waals surface area contributed by atoms with E-state index in [1.54, 1.807) is 0 Å². The lowest BCUT2D eigenvalue weighted by atomic mass is 9.84. The van der Waals surface area contributed by atoms with Crippen LogP contribution in [0.4, 0.5) is 0 Å². The van der Waals surface area contributed by atoms with Crippen LogP contribution in [0.2, 0.25) is 0 Å². The third kappa shape index (κ3) is 51.4. The second-order valence-electron chi connectivity index (χ2n) is 34.5. The number of allylic oxidation sites excluding steroid dienone is 4. The zero-order valence-corrected chi connectivity index (χ0v) is 75.5. The van der Waals surface area contributed by atoms with E-state index in [-0.39, 0.29) is 32.1 Å². The van der Waals surface area contributed by atoms with Gasteiger partial charge >= 0.3 is 31.7 Å². The molecule has 0 amide bonds. The van der Waals surface area contributed by atoms with E-state index in [0.29, 0.717) is 38.0 Å². The van der Waals surface area contributed by atoms with Gasteiger partial charge in [-0.15, -0.1) is 0 Å². The van der Waals surface area contributed by atoms with E-state index in [0.717, 1.165) is 141 Å². The molecule has 2 aliphatic heterocycles. The number of aliphatic hydroxyl groups is 9. The van der Waals surface area contributed by atoms with Crippen LogP contribution < -0.4 is 0 Å². The Morgan fingerprint density at radius 2 is 0.681 bits per heavy atom. The van der Waals surface area contributed by atoms with E-state index < -0.39 is 162 Å². The average molecular weight is 1720 g/mol. The molecule has 0 radical (unpaired) electrons. The smallest absolute Gasteiger partial charge is 0.463 e. The van der Waals surface area contributed by atoms with Gasteiger partial charge in [0.1, 0.15) is 92.6 Å². The van der Waals surface area contributed by atoms with Gasteiger partial charge in [-0.2, -0.15) is 0 Å². The minimum atomic E-state index is -5.81. The second-order valence-corrected chi connectivity index (χ2v) is 35.9. The first-order valence-electron chi connectivity index (χ1n) is 48.0. The Balaban J connectivity index is 1.91. The lowest BCUT2D eigenvalue weighted by Crippen LogP contribution is -2.70. The highest BCUT2D eigenvalue weighted by Gasteiger charge is 2.60. The number of hydrogen-bond donors (Lipinski definition) is 10. The monoisotopic (exact) mass is 1720 g/mol. The third-order valence-electron chi connectivity index (χ3n) is 23.6. The van der Waals surface area contributed by atoms with E-state index in [2.05, 4.69) is 58.9 Å². The maximum absolute atomic E-state index is 14.9. The highest BCUT2D eigenvalue weighted by Crippen LogP contribution is 2.49. The number of esters is 4. The standard InChI is InChI=1S/C93H171O25P/c1-6-10-14-18-22-25-28-31-33-35-38-40-43-46-53-59-65-77(96)110-71-75-81(100)83(102)87(106)93(114-75)117-90-88(115-79(98)67-61-54-47-44-41-36-30-27-24-20-16-12-8-3)84(103)85(104)89(116-92-86(105)82(101)80(99)74(68-94)113-92)91(90)118-119(107,108)111-70-73(69-109-76(95)64-58-52-45-42-39-37-34-32-29-26-23-19-15-11-7-2)112-78(97)66-60-55-49-48-51-57-63-72(5)62-56-50-21-17-13-9-4/h26,29,36,41,72-75,80-94,99-106H,6-25,27-28,30-35,37-40,42-71H2,1-5H3,(H,107,108)/b29-26-,41-36-. The normalized spacial score (nSPS) is 25.2. The fourth-order valence-electron chi connectivity index (χ4n) is 15.8. The van der Waals surface area contributed by atoms with Crippen molar-refractivity contribution in [3.63, 3.8) is 0 Å². The number of ether oxygens (including phenoxy) is 8. The molecule has 3 rings (SSSR count). The Hall–Kier alpha value is -3.05. The van der Waals surface area contributed by atoms with Crippen LogP contribution in [0.15, 0.2) is 24.3 Å². The first-order chi connectivity index (χ1) is 57.6. The van der Waals surface area contributed by atoms with Crippen molar-refractivity contribution < 1.29 is 122 Å². The SMILES string of the molecule is CCCCCC/C=C\CCCCCCCCCC(=O)OCC(COP(=O)(O)OC1C(OC2OC(CO)C(O)C(O)C2O)C(O)C(O)C(OC(=O)CCCCC/C=C\CCCCCCCC)C1OC1OC(COC(=O)CCCCCCCCCCCCCCCCCC)C(O)C(O)C1O)OC(=O)CCCCCCCCC(C)CCCCCCCC. The lowest BCUT2D eigenvalue weighted by molar-refractivity contribution is -0.360. The summed E-state index contributed by atoms with van der Waals surface area (Å²) in [6, 6.07) is 0. The zero-order valence-electron chi connectivity index (χ0n) is 74.6. The molecule has 0 aromatic carbocycles. The van der Waals surface area contributed by atoms with Crippen LogP contribution in [0, 0.1) is 5.92 Å². The van der Waals surface area contributed by atoms with Gasteiger partial charge in [-0.3, -0.25) is 28.2 Å². The van der Waals surface area contributed by atoms with Crippen LogP contribution in [-0.2, 0) is 70.7 Å². The van der Waals surface area contributed by atoms with Gasteiger partial charge in [-0.25, -0.2) is 4.57 Å². The van der Waals surface area contributed by atoms with Crippen molar-refractivity contribution in [1.29, 1.82) is 0 Å². The molecule has 25 nitrogen and oxygen atoms in total. The average Bonchev–Trinajstić information content (AvgIpc) is 0.754.